The second-order valence-electron chi connectivity index (χ2n) is 9.75. The van der Waals surface area contributed by atoms with Gasteiger partial charge in [0.1, 0.15) is 0 Å². The summed E-state index contributed by atoms with van der Waals surface area (Å²) in [4.78, 5) is 11.6. The number of nitrogens with one attached hydrogen (secondary N) is 2. The first-order valence-corrected chi connectivity index (χ1v) is 34.9. The van der Waals surface area contributed by atoms with E-state index in [-0.39, 0.29) is 22.8 Å². The average molecular weight is 1180 g/mol. The third-order valence-corrected chi connectivity index (χ3v) is 8.12. The van der Waals surface area contributed by atoms with Crippen LogP contribution in [-0.2, 0) is 19.2 Å². The van der Waals surface area contributed by atoms with Crippen LogP contribution in [0.1, 0.15) is 69.5 Å². The van der Waals surface area contributed by atoms with Crippen LogP contribution in [0.4, 0.5) is 11.4 Å². The summed E-state index contributed by atoms with van der Waals surface area (Å²) >= 11 is 12.1. The molecule has 1 aliphatic heterocycles. The Bertz CT molecular complexity index is 1090. The summed E-state index contributed by atoms with van der Waals surface area (Å²) in [6, 6.07) is 0.186. The van der Waals surface area contributed by atoms with E-state index in [9.17, 15) is 4.79 Å². The Morgan fingerprint density at radius 3 is 1.26 bits per heavy atom. The Kier molecular flexibility index (Phi) is 20.8. The van der Waals surface area contributed by atoms with Crippen molar-refractivity contribution in [3.8, 4) is 0 Å². The first-order chi connectivity index (χ1) is 17.9. The van der Waals surface area contributed by atoms with Gasteiger partial charge in [-0.3, -0.25) is 21.1 Å². The van der Waals surface area contributed by atoms with Gasteiger partial charge in [0.15, 0.2) is 0 Å². The van der Waals surface area contributed by atoms with Gasteiger partial charge in [-0.05, 0) is 132 Å². The van der Waals surface area contributed by atoms with Crippen LogP contribution in [0.25, 0.3) is 0 Å². The minimum atomic E-state index is -0.278. The summed E-state index contributed by atoms with van der Waals surface area (Å²) in [5.41, 5.74) is 21.1. The fourth-order valence-corrected chi connectivity index (χ4v) is 4.58. The number of nitrogens with zero attached hydrogens (tertiary/aromatic N) is 1. The molecule has 3 rings (SSSR count). The van der Waals surface area contributed by atoms with E-state index in [1.54, 1.807) is 0 Å². The Labute approximate surface area is 303 Å². The fraction of sp³-hybridized carbons (Fsp3) is 0.519. The summed E-state index contributed by atoms with van der Waals surface area (Å²) in [7, 11) is 0.628. The molecule has 39 heavy (non-hydrogen) atoms. The molecule has 0 saturated carbocycles. The standard InChI is InChI=1S/C16H24N2O.C11H18N2.5HI.2V/c1-8-9(2)11(4)15(12(5)10(8)3)18-14(7)13(6)16(19)17-18;1-6-7(2)9(4)11(13-12)10(5)8(6)3;;;;;;;/h13-14H,1-7H3,(H,17,19);13H,12H2,1-5H3;5*1H;;/q;;;;;;;+2;+3/p-5. The van der Waals surface area contributed by atoms with E-state index in [2.05, 4.69) is 192 Å². The quantitative estimate of drug-likeness (QED) is 0.159. The number of carbonyl (C=O) groups excluding carboxylic acids is 1. The van der Waals surface area contributed by atoms with E-state index in [0.29, 0.717) is 9.47 Å². The van der Waals surface area contributed by atoms with Crippen LogP contribution < -0.4 is 21.7 Å². The molecule has 1 amide bonds. The van der Waals surface area contributed by atoms with Gasteiger partial charge in [-0.15, -0.1) is 0 Å². The topological polar surface area (TPSA) is 70.4 Å². The molecule has 0 bridgehead atoms. The van der Waals surface area contributed by atoms with Crippen molar-refractivity contribution >= 4 is 117 Å². The van der Waals surface area contributed by atoms with Crippen molar-refractivity contribution in [2.75, 3.05) is 10.4 Å². The Morgan fingerprint density at radius 1 is 0.718 bits per heavy atom. The fourth-order valence-electron chi connectivity index (χ4n) is 4.58. The third-order valence-electron chi connectivity index (χ3n) is 8.12. The Morgan fingerprint density at radius 2 is 1.00 bits per heavy atom. The van der Waals surface area contributed by atoms with Crippen LogP contribution in [0.2, 0.25) is 0 Å². The zero-order valence-corrected chi connectivity index (χ0v) is 38.5. The number of carbonyl (C=O) groups is 1. The van der Waals surface area contributed by atoms with Gasteiger partial charge < -0.3 is 5.43 Å². The summed E-state index contributed by atoms with van der Waals surface area (Å²) in [5.74, 6) is 5.63. The summed E-state index contributed by atoms with van der Waals surface area (Å²) in [5, 5.41) is 2.05. The number of halogens is 5. The van der Waals surface area contributed by atoms with Gasteiger partial charge in [0.25, 0.3) is 0 Å². The van der Waals surface area contributed by atoms with Gasteiger partial charge in [-0.2, -0.15) is 0 Å². The molecule has 4 N–H and O–H groups in total. The number of nitrogens with two attached hydrogens (primary N) is 1. The molecule has 2 aromatic rings. The third kappa shape index (κ3) is 11.3. The first-order valence-electron chi connectivity index (χ1n) is 12.3. The molecular formula is C27H42I5N4OV2. The van der Waals surface area contributed by atoms with Crippen LogP contribution in [0.15, 0.2) is 0 Å². The Hall–Kier alpha value is 2.29. The molecule has 1 saturated heterocycles. The van der Waals surface area contributed by atoms with Crippen molar-refractivity contribution in [1.29, 1.82) is 0 Å². The number of benzene rings is 2. The van der Waals surface area contributed by atoms with Gasteiger partial charge in [0.05, 0.1) is 23.3 Å². The van der Waals surface area contributed by atoms with E-state index in [1.165, 1.54) is 61.3 Å². The summed E-state index contributed by atoms with van der Waals surface area (Å²) in [6.07, 6.45) is 0. The molecule has 2 unspecified atom stereocenters. The first kappa shape index (κ1) is 41.3. The molecule has 221 valence electrons. The van der Waals surface area contributed by atoms with Crippen molar-refractivity contribution in [1.82, 2.24) is 5.43 Å². The molecule has 1 fully saturated rings. The molecule has 2 atom stereocenters. The second kappa shape index (κ2) is 19.6. The number of rotatable bonds is 2. The van der Waals surface area contributed by atoms with Gasteiger partial charge in [-0.25, -0.2) is 0 Å². The zero-order valence-electron chi connectivity index (χ0n) is 24.9. The number of nitrogen functional groups attached to an aromatic ring is 1. The number of hydrogen-bond acceptors (Lipinski definition) is 4. The van der Waals surface area contributed by atoms with E-state index < -0.39 is 0 Å². The monoisotopic (exact) mass is 1170 g/mol. The van der Waals surface area contributed by atoms with Crippen LogP contribution in [-0.4, -0.2) is 11.9 Å². The van der Waals surface area contributed by atoms with Crippen molar-refractivity contribution in [2.45, 2.75) is 89.1 Å². The number of amides is 1. The van der Waals surface area contributed by atoms with Crippen molar-refractivity contribution in [3.63, 3.8) is 0 Å². The van der Waals surface area contributed by atoms with E-state index >= 15 is 0 Å². The molecule has 12 heteroatoms. The van der Waals surface area contributed by atoms with Gasteiger partial charge >= 0.3 is 114 Å². The van der Waals surface area contributed by atoms with Crippen LogP contribution >= 0.6 is 99.9 Å². The SMILES string of the molecule is Cc1c(C)c(C)c(N2NC(=O)C(C)C2C)c(C)c1C.Cc1c(C)c(C)c(NN)c(C)c1C.[I][V]([I])[I].[I][V][I]. The molecule has 0 aromatic heterocycles. The molecule has 0 aliphatic carbocycles. The van der Waals surface area contributed by atoms with Gasteiger partial charge in [0, 0.05) is 0 Å². The zero-order chi connectivity index (χ0) is 30.9. The van der Waals surface area contributed by atoms with Crippen LogP contribution in [0.5, 0.6) is 0 Å². The average Bonchev–Trinajstić information content (AvgIpc) is 3.12. The van der Waals surface area contributed by atoms with Gasteiger partial charge in [-0.1, -0.05) is 6.92 Å². The van der Waals surface area contributed by atoms with Crippen molar-refractivity contribution < 1.29 is 19.2 Å². The molecular weight excluding hydrogens is 1130 g/mol. The molecule has 0 radical (unpaired) electrons. The summed E-state index contributed by atoms with van der Waals surface area (Å²) < 4.78 is 0. The van der Waals surface area contributed by atoms with E-state index in [1.807, 2.05) is 6.92 Å². The number of hydrazine groups is 2. The summed E-state index contributed by atoms with van der Waals surface area (Å²) in [6.45, 7) is 25.5. The molecule has 2 aromatic carbocycles. The molecule has 1 heterocycles. The van der Waals surface area contributed by atoms with Crippen LogP contribution in [0, 0.1) is 75.2 Å². The normalized spacial score (nSPS) is 15.9. The van der Waals surface area contributed by atoms with Crippen LogP contribution in [0.3, 0.4) is 0 Å². The molecule has 0 spiro atoms. The van der Waals surface area contributed by atoms with Crippen molar-refractivity contribution in [3.05, 3.63) is 55.6 Å². The predicted octanol–water partition coefficient (Wildman–Crippen LogP) is 10.0. The van der Waals surface area contributed by atoms with E-state index in [4.69, 9.17) is 5.84 Å². The van der Waals surface area contributed by atoms with E-state index in [0.717, 1.165) is 5.69 Å². The second-order valence-corrected chi connectivity index (χ2v) is 56.9. The maximum atomic E-state index is 11.9. The number of anilines is 2. The Balaban J connectivity index is 0.000000624. The molecule has 5 nitrogen and oxygen atoms in total. The number of hydrogen-bond donors (Lipinski definition) is 3. The van der Waals surface area contributed by atoms with Crippen molar-refractivity contribution in [2.24, 2.45) is 11.8 Å². The molecule has 1 aliphatic rings. The minimum absolute atomic E-state index is 0.0284. The predicted molar refractivity (Wildman–Crippen MR) is 207 cm³/mol. The maximum absolute atomic E-state index is 11.9. The van der Waals surface area contributed by atoms with Gasteiger partial charge in [0.2, 0.25) is 5.91 Å².